The number of aromatic nitrogens is 2. The summed E-state index contributed by atoms with van der Waals surface area (Å²) in [6.45, 7) is 5.13. The van der Waals surface area contributed by atoms with Crippen molar-refractivity contribution >= 4 is 11.8 Å². The van der Waals surface area contributed by atoms with E-state index in [4.69, 9.17) is 14.5 Å². The number of rotatable bonds is 11. The fraction of sp³-hybridized carbons (Fsp3) is 0.429. The third kappa shape index (κ3) is 7.59. The maximum Gasteiger partial charge on any atom is 0.224 e. The minimum absolute atomic E-state index is 0.517. The lowest BCUT2D eigenvalue weighted by molar-refractivity contribution is 0.283. The molecular weight excluding hydrogens is 438 g/mol. The maximum absolute atomic E-state index is 5.98. The van der Waals surface area contributed by atoms with Crippen LogP contribution in [0.3, 0.4) is 0 Å². The second-order valence-corrected chi connectivity index (χ2v) is 9.06. The molecule has 35 heavy (non-hydrogen) atoms. The molecule has 1 aliphatic heterocycles. The predicted octanol–water partition coefficient (Wildman–Crippen LogP) is 4.99. The normalized spacial score (nSPS) is 14.0. The van der Waals surface area contributed by atoms with Gasteiger partial charge in [-0.3, -0.25) is 0 Å². The van der Waals surface area contributed by atoms with Crippen LogP contribution in [0.4, 0.5) is 11.8 Å². The zero-order chi connectivity index (χ0) is 24.3. The smallest absolute Gasteiger partial charge is 0.224 e. The summed E-state index contributed by atoms with van der Waals surface area (Å²) in [5.41, 5.74) is 2.31. The molecular formula is C28H37N5O2. The number of anilines is 2. The van der Waals surface area contributed by atoms with E-state index in [2.05, 4.69) is 51.4 Å². The monoisotopic (exact) mass is 475 g/mol. The van der Waals surface area contributed by atoms with E-state index in [9.17, 15) is 0 Å². The van der Waals surface area contributed by atoms with Gasteiger partial charge < -0.3 is 24.6 Å². The lowest BCUT2D eigenvalue weighted by atomic mass is 10.2. The average molecular weight is 476 g/mol. The highest BCUT2D eigenvalue weighted by Crippen LogP contribution is 2.29. The standard InChI is InChI=1S/C28H37N5O2/c1-32(19-16-30-28-29-15-14-27(31-28)33-17-8-3-4-9-18-33)21-24-12-13-25(26(20-24)34-2)35-22-23-10-6-5-7-11-23/h5-7,10-15,20H,3-4,8-9,16-19,21-22H2,1-2H3,(H,29,30,31). The number of likely N-dealkylation sites (N-methyl/N-ethyl adjacent to an activating group) is 1. The van der Waals surface area contributed by atoms with Crippen molar-refractivity contribution in [1.29, 1.82) is 0 Å². The molecule has 1 aromatic heterocycles. The Morgan fingerprint density at radius 3 is 2.51 bits per heavy atom. The molecule has 1 saturated heterocycles. The molecule has 0 amide bonds. The molecule has 0 unspecified atom stereocenters. The van der Waals surface area contributed by atoms with E-state index in [0.717, 1.165) is 55.6 Å². The van der Waals surface area contributed by atoms with E-state index in [1.807, 2.05) is 36.5 Å². The lowest BCUT2D eigenvalue weighted by Crippen LogP contribution is -2.27. The molecule has 4 rings (SSSR count). The Morgan fingerprint density at radius 1 is 0.943 bits per heavy atom. The molecule has 0 saturated carbocycles. The molecule has 1 N–H and O–H groups in total. The molecule has 1 aliphatic rings. The van der Waals surface area contributed by atoms with Gasteiger partial charge in [-0.25, -0.2) is 4.98 Å². The number of benzene rings is 2. The predicted molar refractivity (Wildman–Crippen MR) is 141 cm³/mol. The van der Waals surface area contributed by atoms with E-state index >= 15 is 0 Å². The van der Waals surface area contributed by atoms with Gasteiger partial charge in [0.1, 0.15) is 12.4 Å². The molecule has 7 heteroatoms. The van der Waals surface area contributed by atoms with Gasteiger partial charge in [0.15, 0.2) is 11.5 Å². The summed E-state index contributed by atoms with van der Waals surface area (Å²) < 4.78 is 11.6. The van der Waals surface area contributed by atoms with Gasteiger partial charge in [-0.15, -0.1) is 0 Å². The first kappa shape index (κ1) is 24.8. The van der Waals surface area contributed by atoms with Crippen LogP contribution in [0, 0.1) is 0 Å². The minimum Gasteiger partial charge on any atom is -0.493 e. The number of hydrogen-bond acceptors (Lipinski definition) is 7. The number of nitrogens with zero attached hydrogens (tertiary/aromatic N) is 4. The summed E-state index contributed by atoms with van der Waals surface area (Å²) in [6, 6.07) is 18.3. The Kier molecular flexibility index (Phi) is 9.17. The van der Waals surface area contributed by atoms with Crippen LogP contribution in [0.2, 0.25) is 0 Å². The van der Waals surface area contributed by atoms with Crippen LogP contribution in [0.5, 0.6) is 11.5 Å². The fourth-order valence-electron chi connectivity index (χ4n) is 4.32. The van der Waals surface area contributed by atoms with Gasteiger partial charge in [-0.05, 0) is 49.2 Å². The molecule has 0 radical (unpaired) electrons. The summed E-state index contributed by atoms with van der Waals surface area (Å²) in [5.74, 6) is 3.23. The van der Waals surface area contributed by atoms with Crippen LogP contribution in [-0.4, -0.2) is 55.2 Å². The average Bonchev–Trinajstić information content (AvgIpc) is 3.18. The molecule has 2 heterocycles. The van der Waals surface area contributed by atoms with Crippen molar-refractivity contribution < 1.29 is 9.47 Å². The zero-order valence-electron chi connectivity index (χ0n) is 20.9. The van der Waals surface area contributed by atoms with Crippen LogP contribution in [0.25, 0.3) is 0 Å². The van der Waals surface area contributed by atoms with Crippen LogP contribution in [-0.2, 0) is 13.2 Å². The molecule has 0 atom stereocenters. The molecule has 3 aromatic rings. The van der Waals surface area contributed by atoms with E-state index in [1.54, 1.807) is 7.11 Å². The highest BCUT2D eigenvalue weighted by molar-refractivity contribution is 5.44. The topological polar surface area (TPSA) is 62.8 Å². The van der Waals surface area contributed by atoms with Gasteiger partial charge in [-0.2, -0.15) is 4.98 Å². The van der Waals surface area contributed by atoms with Crippen molar-refractivity contribution in [3.8, 4) is 11.5 Å². The van der Waals surface area contributed by atoms with Crippen LogP contribution in [0.15, 0.2) is 60.8 Å². The number of methoxy groups -OCH3 is 1. The van der Waals surface area contributed by atoms with Crippen molar-refractivity contribution in [3.05, 3.63) is 71.9 Å². The first-order chi connectivity index (χ1) is 17.2. The van der Waals surface area contributed by atoms with Gasteiger partial charge >= 0.3 is 0 Å². The van der Waals surface area contributed by atoms with Crippen molar-refractivity contribution in [2.75, 3.05) is 50.6 Å². The summed E-state index contributed by atoms with van der Waals surface area (Å²) in [6.07, 6.45) is 6.96. The van der Waals surface area contributed by atoms with Crippen LogP contribution >= 0.6 is 0 Å². The van der Waals surface area contributed by atoms with Crippen molar-refractivity contribution in [1.82, 2.24) is 14.9 Å². The summed E-state index contributed by atoms with van der Waals surface area (Å²) in [4.78, 5) is 13.8. The van der Waals surface area contributed by atoms with E-state index < -0.39 is 0 Å². The van der Waals surface area contributed by atoms with E-state index in [1.165, 1.54) is 31.2 Å². The SMILES string of the molecule is COc1cc(CN(C)CCNc2nccc(N3CCCCCC3)n2)ccc1OCc1ccccc1. The van der Waals surface area contributed by atoms with Gasteiger partial charge in [0.05, 0.1) is 7.11 Å². The zero-order valence-corrected chi connectivity index (χ0v) is 20.9. The first-order valence-corrected chi connectivity index (χ1v) is 12.6. The summed E-state index contributed by atoms with van der Waals surface area (Å²) in [5, 5.41) is 3.39. The maximum atomic E-state index is 5.98. The van der Waals surface area contributed by atoms with Gasteiger partial charge in [0.25, 0.3) is 0 Å². The number of hydrogen-bond donors (Lipinski definition) is 1. The molecule has 0 aliphatic carbocycles. The van der Waals surface area contributed by atoms with Gasteiger partial charge in [0.2, 0.25) is 5.95 Å². The number of ether oxygens (including phenoxy) is 2. The molecule has 1 fully saturated rings. The molecule has 0 bridgehead atoms. The van der Waals surface area contributed by atoms with Gasteiger partial charge in [0, 0.05) is 38.9 Å². The second-order valence-electron chi connectivity index (χ2n) is 9.06. The largest absolute Gasteiger partial charge is 0.493 e. The molecule has 186 valence electrons. The minimum atomic E-state index is 0.517. The molecule has 2 aromatic carbocycles. The van der Waals surface area contributed by atoms with Crippen LogP contribution in [0.1, 0.15) is 36.8 Å². The van der Waals surface area contributed by atoms with Crippen molar-refractivity contribution in [2.45, 2.75) is 38.8 Å². The Labute approximate surface area is 209 Å². The van der Waals surface area contributed by atoms with Crippen molar-refractivity contribution in [3.63, 3.8) is 0 Å². The Morgan fingerprint density at radius 2 is 1.74 bits per heavy atom. The summed E-state index contributed by atoms with van der Waals surface area (Å²) in [7, 11) is 3.80. The van der Waals surface area contributed by atoms with E-state index in [0.29, 0.717) is 12.6 Å². The van der Waals surface area contributed by atoms with Crippen molar-refractivity contribution in [2.24, 2.45) is 0 Å². The second kappa shape index (κ2) is 13.0. The molecule has 7 nitrogen and oxygen atoms in total. The Hall–Kier alpha value is -3.32. The highest BCUT2D eigenvalue weighted by Gasteiger charge is 2.12. The Bertz CT molecular complexity index is 1040. The quantitative estimate of drug-likeness (QED) is 0.419. The lowest BCUT2D eigenvalue weighted by Gasteiger charge is -2.22. The third-order valence-corrected chi connectivity index (χ3v) is 6.27. The van der Waals surface area contributed by atoms with Crippen LogP contribution < -0.4 is 19.7 Å². The summed E-state index contributed by atoms with van der Waals surface area (Å²) >= 11 is 0. The third-order valence-electron chi connectivity index (χ3n) is 6.27. The first-order valence-electron chi connectivity index (χ1n) is 12.6. The molecule has 0 spiro atoms. The van der Waals surface area contributed by atoms with Gasteiger partial charge in [-0.1, -0.05) is 49.2 Å². The highest BCUT2D eigenvalue weighted by atomic mass is 16.5. The number of nitrogens with one attached hydrogen (secondary N) is 1. The Balaban J connectivity index is 1.25. The fourth-order valence-corrected chi connectivity index (χ4v) is 4.32. The van der Waals surface area contributed by atoms with E-state index in [-0.39, 0.29) is 0 Å².